The van der Waals surface area contributed by atoms with Crippen LogP contribution < -0.4 is 15.4 Å². The summed E-state index contributed by atoms with van der Waals surface area (Å²) < 4.78 is 29.1. The highest BCUT2D eigenvalue weighted by Gasteiger charge is 2.45. The Morgan fingerprint density at radius 2 is 1.87 bits per heavy atom. The van der Waals surface area contributed by atoms with Crippen molar-refractivity contribution in [1.29, 1.82) is 0 Å². The number of hydrogen-bond acceptors (Lipinski definition) is 4. The highest BCUT2D eigenvalue weighted by atomic mass is 127. The van der Waals surface area contributed by atoms with E-state index in [-0.39, 0.29) is 35.1 Å². The minimum absolute atomic E-state index is 0. The van der Waals surface area contributed by atoms with E-state index in [2.05, 4.69) is 39.9 Å². The standard InChI is InChI=1S/C22H31N3O3S.HI/c1-3-23-21(25-16-22(11-12-22)17-29(2,26)27)24-13-6-14-28-20-10-9-18-7-4-5-8-19(18)15-20;/h4-5,7-10,15H,3,6,11-14,16-17H2,1-2H3,(H2,23,24,25);1H. The summed E-state index contributed by atoms with van der Waals surface area (Å²) in [6.45, 7) is 4.67. The van der Waals surface area contributed by atoms with Crippen molar-refractivity contribution in [2.24, 2.45) is 10.4 Å². The first-order valence-electron chi connectivity index (χ1n) is 10.2. The average Bonchev–Trinajstić information content (AvgIpc) is 3.43. The Bertz CT molecular complexity index is 959. The Kier molecular flexibility index (Phi) is 9.21. The van der Waals surface area contributed by atoms with Crippen molar-refractivity contribution < 1.29 is 13.2 Å². The van der Waals surface area contributed by atoms with E-state index in [9.17, 15) is 8.42 Å². The van der Waals surface area contributed by atoms with Crippen LogP contribution in [0.3, 0.4) is 0 Å². The Balaban J connectivity index is 0.00000320. The van der Waals surface area contributed by atoms with E-state index in [4.69, 9.17) is 4.74 Å². The van der Waals surface area contributed by atoms with E-state index in [1.54, 1.807) is 0 Å². The maximum absolute atomic E-state index is 11.6. The van der Waals surface area contributed by atoms with Gasteiger partial charge in [-0.2, -0.15) is 0 Å². The predicted octanol–water partition coefficient (Wildman–Crippen LogP) is 3.61. The van der Waals surface area contributed by atoms with Gasteiger partial charge in [-0.05, 0) is 49.1 Å². The first-order chi connectivity index (χ1) is 13.9. The van der Waals surface area contributed by atoms with Gasteiger partial charge < -0.3 is 15.4 Å². The molecular weight excluding hydrogens is 513 g/mol. The number of nitrogens with one attached hydrogen (secondary N) is 2. The Morgan fingerprint density at radius 1 is 1.13 bits per heavy atom. The molecule has 0 atom stereocenters. The normalized spacial score (nSPS) is 15.3. The number of sulfone groups is 1. The van der Waals surface area contributed by atoms with Crippen molar-refractivity contribution in [1.82, 2.24) is 10.6 Å². The summed E-state index contributed by atoms with van der Waals surface area (Å²) >= 11 is 0. The molecule has 1 aliphatic carbocycles. The van der Waals surface area contributed by atoms with E-state index < -0.39 is 9.84 Å². The smallest absolute Gasteiger partial charge is 0.191 e. The van der Waals surface area contributed by atoms with Gasteiger partial charge in [-0.25, -0.2) is 8.42 Å². The molecular formula is C22H32IN3O3S. The minimum atomic E-state index is -2.97. The van der Waals surface area contributed by atoms with Crippen LogP contribution in [0.25, 0.3) is 10.8 Å². The molecule has 1 saturated carbocycles. The van der Waals surface area contributed by atoms with Gasteiger partial charge in [0.15, 0.2) is 5.96 Å². The molecule has 0 saturated heterocycles. The predicted molar refractivity (Wildman–Crippen MR) is 135 cm³/mol. The fraction of sp³-hybridized carbons (Fsp3) is 0.500. The second-order valence-corrected chi connectivity index (χ2v) is 10.0. The lowest BCUT2D eigenvalue weighted by Crippen LogP contribution is -2.38. The number of benzene rings is 2. The van der Waals surface area contributed by atoms with E-state index in [1.165, 1.54) is 17.0 Å². The number of hydrogen-bond donors (Lipinski definition) is 2. The number of halogens is 1. The summed E-state index contributed by atoms with van der Waals surface area (Å²) in [4.78, 5) is 4.61. The summed E-state index contributed by atoms with van der Waals surface area (Å²) in [6, 6.07) is 14.4. The van der Waals surface area contributed by atoms with Crippen molar-refractivity contribution in [3.05, 3.63) is 42.5 Å². The Labute approximate surface area is 196 Å². The first-order valence-corrected chi connectivity index (χ1v) is 12.3. The summed E-state index contributed by atoms with van der Waals surface area (Å²) in [6.07, 6.45) is 4.01. The molecule has 6 nitrogen and oxygen atoms in total. The molecule has 30 heavy (non-hydrogen) atoms. The van der Waals surface area contributed by atoms with Crippen LogP contribution in [0.4, 0.5) is 0 Å². The zero-order valence-electron chi connectivity index (χ0n) is 17.7. The minimum Gasteiger partial charge on any atom is -0.494 e. The Hall–Kier alpha value is -1.55. The summed E-state index contributed by atoms with van der Waals surface area (Å²) in [7, 11) is -2.97. The van der Waals surface area contributed by atoms with E-state index in [0.717, 1.165) is 44.1 Å². The molecule has 0 aliphatic heterocycles. The third-order valence-corrected chi connectivity index (χ3v) is 6.18. The summed E-state index contributed by atoms with van der Waals surface area (Å²) in [5, 5.41) is 8.91. The molecule has 3 rings (SSSR count). The molecule has 0 bridgehead atoms. The zero-order chi connectivity index (χ0) is 20.7. The number of fused-ring (bicyclic) bond motifs is 1. The fourth-order valence-electron chi connectivity index (χ4n) is 3.40. The van der Waals surface area contributed by atoms with Gasteiger partial charge in [-0.1, -0.05) is 30.3 Å². The van der Waals surface area contributed by atoms with Gasteiger partial charge in [0.25, 0.3) is 0 Å². The second kappa shape index (κ2) is 11.2. The van der Waals surface area contributed by atoms with E-state index in [0.29, 0.717) is 13.2 Å². The largest absolute Gasteiger partial charge is 0.494 e. The van der Waals surface area contributed by atoms with Crippen molar-refractivity contribution in [2.45, 2.75) is 26.2 Å². The van der Waals surface area contributed by atoms with Crippen LogP contribution >= 0.6 is 24.0 Å². The number of guanidine groups is 1. The molecule has 2 aromatic rings. The van der Waals surface area contributed by atoms with Crippen LogP contribution in [-0.4, -0.2) is 52.6 Å². The SMILES string of the molecule is CCNC(=NCC1(CS(C)(=O)=O)CC1)NCCCOc1ccc2ccccc2c1.I. The lowest BCUT2D eigenvalue weighted by Gasteiger charge is -2.15. The first kappa shape index (κ1) is 24.7. The van der Waals surface area contributed by atoms with Crippen LogP contribution in [0, 0.1) is 5.41 Å². The molecule has 8 heteroatoms. The molecule has 0 spiro atoms. The number of ether oxygens (including phenoxy) is 1. The molecule has 0 amide bonds. The van der Waals surface area contributed by atoms with E-state index >= 15 is 0 Å². The van der Waals surface area contributed by atoms with Gasteiger partial charge in [0.05, 0.1) is 12.4 Å². The number of rotatable bonds is 10. The molecule has 0 radical (unpaired) electrons. The maximum Gasteiger partial charge on any atom is 0.191 e. The molecule has 0 unspecified atom stereocenters. The van der Waals surface area contributed by atoms with Gasteiger partial charge in [-0.15, -0.1) is 24.0 Å². The molecule has 1 fully saturated rings. The number of aliphatic imine (C=N–C) groups is 1. The molecule has 166 valence electrons. The molecule has 0 heterocycles. The van der Waals surface area contributed by atoms with Gasteiger partial charge in [0.1, 0.15) is 15.6 Å². The van der Waals surface area contributed by atoms with Gasteiger partial charge in [-0.3, -0.25) is 4.99 Å². The van der Waals surface area contributed by atoms with Crippen molar-refractivity contribution in [3.63, 3.8) is 0 Å². The highest BCUT2D eigenvalue weighted by molar-refractivity contribution is 14.0. The second-order valence-electron chi connectivity index (χ2n) is 7.90. The molecule has 2 N–H and O–H groups in total. The highest BCUT2D eigenvalue weighted by Crippen LogP contribution is 2.46. The van der Waals surface area contributed by atoms with Crippen LogP contribution in [0.2, 0.25) is 0 Å². The van der Waals surface area contributed by atoms with Crippen LogP contribution in [0.15, 0.2) is 47.5 Å². The third kappa shape index (κ3) is 7.94. The topological polar surface area (TPSA) is 79.8 Å². The molecule has 1 aliphatic rings. The maximum atomic E-state index is 11.6. The molecule has 2 aromatic carbocycles. The van der Waals surface area contributed by atoms with Crippen molar-refractivity contribution in [3.8, 4) is 5.75 Å². The fourth-order valence-corrected chi connectivity index (χ4v) is 4.89. The van der Waals surface area contributed by atoms with E-state index in [1.807, 2.05) is 25.1 Å². The quantitative estimate of drug-likeness (QED) is 0.207. The van der Waals surface area contributed by atoms with Crippen molar-refractivity contribution >= 4 is 50.5 Å². The van der Waals surface area contributed by atoms with Gasteiger partial charge in [0, 0.05) is 31.3 Å². The monoisotopic (exact) mass is 545 g/mol. The Morgan fingerprint density at radius 3 is 2.53 bits per heavy atom. The van der Waals surface area contributed by atoms with Crippen LogP contribution in [-0.2, 0) is 9.84 Å². The van der Waals surface area contributed by atoms with Crippen LogP contribution in [0.1, 0.15) is 26.2 Å². The average molecular weight is 545 g/mol. The molecule has 0 aromatic heterocycles. The summed E-state index contributed by atoms with van der Waals surface area (Å²) in [5.74, 6) is 1.83. The van der Waals surface area contributed by atoms with Crippen LogP contribution in [0.5, 0.6) is 5.75 Å². The van der Waals surface area contributed by atoms with Crippen molar-refractivity contribution in [2.75, 3.05) is 38.2 Å². The lowest BCUT2D eigenvalue weighted by atomic mass is 10.1. The summed E-state index contributed by atoms with van der Waals surface area (Å²) in [5.41, 5.74) is -0.158. The van der Waals surface area contributed by atoms with Gasteiger partial charge in [0.2, 0.25) is 0 Å². The third-order valence-electron chi connectivity index (χ3n) is 5.05. The lowest BCUT2D eigenvalue weighted by molar-refractivity contribution is 0.311. The zero-order valence-corrected chi connectivity index (χ0v) is 20.8. The van der Waals surface area contributed by atoms with Gasteiger partial charge >= 0.3 is 0 Å². The number of nitrogens with zero attached hydrogens (tertiary/aromatic N) is 1.